The molecule has 3 rings (SSSR count). The summed E-state index contributed by atoms with van der Waals surface area (Å²) in [6.45, 7) is 5.40. The van der Waals surface area contributed by atoms with Gasteiger partial charge in [-0.3, -0.25) is 15.0 Å². The number of rotatable bonds is 16. The summed E-state index contributed by atoms with van der Waals surface area (Å²) in [5.74, 6) is -2.37. The molecule has 2 unspecified atom stereocenters. The van der Waals surface area contributed by atoms with Crippen LogP contribution in [0, 0.1) is 5.41 Å². The number of benzene rings is 3. The van der Waals surface area contributed by atoms with Crippen molar-refractivity contribution in [2.24, 2.45) is 11.5 Å². The van der Waals surface area contributed by atoms with Gasteiger partial charge in [0.15, 0.2) is 0 Å². The first-order chi connectivity index (χ1) is 22.6. The number of nitrogens with one attached hydrogen (secondary N) is 4. The van der Waals surface area contributed by atoms with Crippen molar-refractivity contribution in [2.75, 3.05) is 13.7 Å². The fraction of sp³-hybridized carbons (Fsp3) is 0.353. The van der Waals surface area contributed by atoms with Crippen molar-refractivity contribution >= 4 is 33.6 Å². The second kappa shape index (κ2) is 17.0. The summed E-state index contributed by atoms with van der Waals surface area (Å²) in [5.41, 5.74) is 14.1. The molecule has 13 nitrogen and oxygen atoms in total. The number of amides is 2. The summed E-state index contributed by atoms with van der Waals surface area (Å²) >= 11 is 0. The molecule has 0 saturated carbocycles. The Bertz CT molecular complexity index is 1690. The summed E-state index contributed by atoms with van der Waals surface area (Å²) < 4.78 is 39.5. The fourth-order valence-electron chi connectivity index (χ4n) is 4.54. The molecule has 0 aliphatic carbocycles. The van der Waals surface area contributed by atoms with Crippen LogP contribution in [0.3, 0.4) is 0 Å². The van der Waals surface area contributed by atoms with E-state index in [4.69, 9.17) is 21.6 Å². The minimum atomic E-state index is -4.11. The first-order valence-electron chi connectivity index (χ1n) is 15.2. The molecule has 0 aliphatic rings. The Labute approximate surface area is 281 Å². The van der Waals surface area contributed by atoms with Gasteiger partial charge in [-0.25, -0.2) is 17.9 Å². The van der Waals surface area contributed by atoms with Gasteiger partial charge in [0, 0.05) is 25.1 Å². The molecule has 0 radical (unpaired) electrons. The molecule has 8 N–H and O–H groups in total. The molecule has 0 saturated heterocycles. The monoisotopic (exact) mass is 680 g/mol. The maximum Gasteiger partial charge on any atom is 0.337 e. The van der Waals surface area contributed by atoms with Crippen LogP contribution in [-0.2, 0) is 54.3 Å². The average molecular weight is 681 g/mol. The predicted molar refractivity (Wildman–Crippen MR) is 182 cm³/mol. The Kier molecular flexibility index (Phi) is 13.4. The molecule has 3 aromatic rings. The number of hydrogen-bond acceptors (Lipinski definition) is 9. The number of hydrogen-bond donors (Lipinski definition) is 6. The van der Waals surface area contributed by atoms with E-state index >= 15 is 0 Å². The molecule has 0 heterocycles. The maximum absolute atomic E-state index is 13.7. The summed E-state index contributed by atoms with van der Waals surface area (Å²) in [6.07, 6.45) is 0.0980. The standard InChI is InChI=1S/C34H44N6O7S/c1-34(2,3)47-20-29(40-48(44,45)21-23-10-14-27(15-11-23)33(43)46-4)32(42)39-28(17-24-6-5-7-25(16-24)18-35)31(41)38-19-22-8-12-26(13-9-22)30(36)37/h5-16,28-29,40H,17-21,35H2,1-4H3,(H3,36,37)(H,38,41)(H,39,42). The van der Waals surface area contributed by atoms with E-state index in [0.29, 0.717) is 11.1 Å². The van der Waals surface area contributed by atoms with Crippen LogP contribution in [0.1, 0.15) is 58.9 Å². The Hall–Kier alpha value is -4.63. The van der Waals surface area contributed by atoms with Gasteiger partial charge in [0.25, 0.3) is 0 Å². The number of carbonyl (C=O) groups excluding carboxylic acids is 3. The van der Waals surface area contributed by atoms with E-state index in [1.165, 1.54) is 31.4 Å². The number of methoxy groups -OCH3 is 1. The molecular weight excluding hydrogens is 636 g/mol. The van der Waals surface area contributed by atoms with Crippen LogP contribution in [0.25, 0.3) is 0 Å². The highest BCUT2D eigenvalue weighted by atomic mass is 32.2. The smallest absolute Gasteiger partial charge is 0.337 e. The number of ether oxygens (including phenoxy) is 2. The molecule has 0 spiro atoms. The average Bonchev–Trinajstić information content (AvgIpc) is 3.04. The number of amidine groups is 1. The van der Waals surface area contributed by atoms with Crippen LogP contribution in [0.2, 0.25) is 0 Å². The van der Waals surface area contributed by atoms with E-state index in [1.807, 2.05) is 12.1 Å². The zero-order valence-corrected chi connectivity index (χ0v) is 28.4. The summed E-state index contributed by atoms with van der Waals surface area (Å²) in [7, 11) is -2.86. The third-order valence-corrected chi connectivity index (χ3v) is 8.44. The van der Waals surface area contributed by atoms with E-state index in [-0.39, 0.29) is 37.5 Å². The number of nitrogen functional groups attached to an aromatic ring is 1. The van der Waals surface area contributed by atoms with Gasteiger partial charge in [-0.15, -0.1) is 0 Å². The number of sulfonamides is 1. The van der Waals surface area contributed by atoms with Crippen LogP contribution in [-0.4, -0.2) is 63.4 Å². The number of nitrogens with two attached hydrogens (primary N) is 2. The first-order valence-corrected chi connectivity index (χ1v) is 16.8. The van der Waals surface area contributed by atoms with Gasteiger partial charge in [0.1, 0.15) is 17.9 Å². The van der Waals surface area contributed by atoms with Crippen molar-refractivity contribution in [1.29, 1.82) is 5.41 Å². The molecule has 14 heteroatoms. The Morgan fingerprint density at radius 3 is 2.04 bits per heavy atom. The molecule has 0 aromatic heterocycles. The van der Waals surface area contributed by atoms with Crippen LogP contribution in [0.4, 0.5) is 0 Å². The first kappa shape index (κ1) is 37.8. The molecule has 3 aromatic carbocycles. The quantitative estimate of drug-likeness (QED) is 0.0739. The summed E-state index contributed by atoms with van der Waals surface area (Å²) in [5, 5.41) is 13.1. The Morgan fingerprint density at radius 1 is 0.854 bits per heavy atom. The fourth-order valence-corrected chi connectivity index (χ4v) is 5.87. The molecular formula is C34H44N6O7S. The van der Waals surface area contributed by atoms with Crippen molar-refractivity contribution in [1.82, 2.24) is 15.4 Å². The molecule has 258 valence electrons. The zero-order chi connectivity index (χ0) is 35.5. The second-order valence-electron chi connectivity index (χ2n) is 12.2. The lowest BCUT2D eigenvalue weighted by molar-refractivity contribution is -0.131. The van der Waals surface area contributed by atoms with Crippen molar-refractivity contribution in [3.05, 3.63) is 106 Å². The lowest BCUT2D eigenvalue weighted by atomic mass is 10.0. The highest BCUT2D eigenvalue weighted by Gasteiger charge is 2.30. The van der Waals surface area contributed by atoms with Crippen molar-refractivity contribution in [2.45, 2.75) is 63.7 Å². The summed E-state index contributed by atoms with van der Waals surface area (Å²) in [6, 6.07) is 17.5. The SMILES string of the molecule is COC(=O)c1ccc(CS(=O)(=O)NC(COC(C)(C)C)C(=O)NC(Cc2cccc(CN)c2)C(=O)NCc2ccc(C(=N)N)cc2)cc1. The van der Waals surface area contributed by atoms with Crippen molar-refractivity contribution in [3.63, 3.8) is 0 Å². The van der Waals surface area contributed by atoms with Crippen LogP contribution < -0.4 is 26.8 Å². The lowest BCUT2D eigenvalue weighted by Gasteiger charge is -2.26. The molecule has 48 heavy (non-hydrogen) atoms. The van der Waals surface area contributed by atoms with Gasteiger partial charge in [-0.05, 0) is 55.2 Å². The molecule has 2 atom stereocenters. The predicted octanol–water partition coefficient (Wildman–Crippen LogP) is 1.86. The van der Waals surface area contributed by atoms with E-state index < -0.39 is 51.2 Å². The van der Waals surface area contributed by atoms with Crippen molar-refractivity contribution in [3.8, 4) is 0 Å². The lowest BCUT2D eigenvalue weighted by Crippen LogP contribution is -2.56. The molecule has 0 bridgehead atoms. The van der Waals surface area contributed by atoms with Gasteiger partial charge in [-0.1, -0.05) is 60.7 Å². The van der Waals surface area contributed by atoms with Gasteiger partial charge in [0.05, 0.1) is 30.6 Å². The number of esters is 1. The van der Waals surface area contributed by atoms with Gasteiger partial charge >= 0.3 is 5.97 Å². The van der Waals surface area contributed by atoms with Gasteiger partial charge in [0.2, 0.25) is 21.8 Å². The van der Waals surface area contributed by atoms with Crippen LogP contribution in [0.5, 0.6) is 0 Å². The van der Waals surface area contributed by atoms with Crippen LogP contribution >= 0.6 is 0 Å². The zero-order valence-electron chi connectivity index (χ0n) is 27.5. The van der Waals surface area contributed by atoms with E-state index in [9.17, 15) is 22.8 Å². The summed E-state index contributed by atoms with van der Waals surface area (Å²) in [4.78, 5) is 39.0. The molecule has 0 aliphatic heterocycles. The molecule has 0 fully saturated rings. The molecule has 2 amide bonds. The van der Waals surface area contributed by atoms with Gasteiger partial charge in [-0.2, -0.15) is 0 Å². The Balaban J connectivity index is 1.82. The van der Waals surface area contributed by atoms with E-state index in [0.717, 1.165) is 16.7 Å². The Morgan fingerprint density at radius 2 is 1.46 bits per heavy atom. The largest absolute Gasteiger partial charge is 0.465 e. The topological polar surface area (TPSA) is 216 Å². The highest BCUT2D eigenvalue weighted by molar-refractivity contribution is 7.88. The van der Waals surface area contributed by atoms with Crippen LogP contribution in [0.15, 0.2) is 72.8 Å². The second-order valence-corrected chi connectivity index (χ2v) is 13.9. The van der Waals surface area contributed by atoms with Gasteiger partial charge < -0.3 is 31.6 Å². The highest BCUT2D eigenvalue weighted by Crippen LogP contribution is 2.13. The third-order valence-electron chi connectivity index (χ3n) is 7.08. The van der Waals surface area contributed by atoms with E-state index in [2.05, 4.69) is 20.1 Å². The minimum absolute atomic E-state index is 0.0786. The van der Waals surface area contributed by atoms with E-state index in [1.54, 1.807) is 57.2 Å². The number of carbonyl (C=O) groups is 3. The maximum atomic E-state index is 13.7. The normalized spacial score (nSPS) is 12.9. The minimum Gasteiger partial charge on any atom is -0.465 e. The van der Waals surface area contributed by atoms with Crippen molar-refractivity contribution < 1.29 is 32.3 Å². The third kappa shape index (κ3) is 12.2.